The highest BCUT2D eigenvalue weighted by Gasteiger charge is 2.21. The van der Waals surface area contributed by atoms with Gasteiger partial charge in [-0.3, -0.25) is 4.72 Å². The molecule has 0 unspecified atom stereocenters. The lowest BCUT2D eigenvalue weighted by Gasteiger charge is -2.09. The number of hydrogen-bond acceptors (Lipinski definition) is 6. The van der Waals surface area contributed by atoms with Gasteiger partial charge < -0.3 is 14.8 Å². The average molecular weight is 434 g/mol. The number of imidazole rings is 1. The van der Waals surface area contributed by atoms with E-state index in [1.54, 1.807) is 30.3 Å². The quantitative estimate of drug-likeness (QED) is 0.410. The van der Waals surface area contributed by atoms with Crippen LogP contribution in [0, 0.1) is 0 Å². The van der Waals surface area contributed by atoms with Gasteiger partial charge in [0.2, 0.25) is 5.95 Å². The highest BCUT2D eigenvalue weighted by molar-refractivity contribution is 7.92. The molecule has 2 aromatic heterocycles. The number of nitrogens with one attached hydrogen (secondary N) is 2. The molecule has 2 heterocycles. The van der Waals surface area contributed by atoms with E-state index in [9.17, 15) is 13.2 Å². The Morgan fingerprint density at radius 2 is 2.00 bits per heavy atom. The molecule has 0 saturated carbocycles. The third kappa shape index (κ3) is 3.86. The van der Waals surface area contributed by atoms with Crippen molar-refractivity contribution in [3.63, 3.8) is 0 Å². The Hall–Kier alpha value is -3.57. The molecule has 29 heavy (non-hydrogen) atoms. The van der Waals surface area contributed by atoms with Gasteiger partial charge in [-0.05, 0) is 24.3 Å². The third-order valence-corrected chi connectivity index (χ3v) is 5.67. The molecule has 0 aliphatic rings. The summed E-state index contributed by atoms with van der Waals surface area (Å²) in [7, 11) is -3.94. The number of aromatic amines is 1. The van der Waals surface area contributed by atoms with Crippen molar-refractivity contribution in [3.8, 4) is 11.7 Å². The zero-order valence-corrected chi connectivity index (χ0v) is 16.0. The fraction of sp³-hybridized carbons (Fsp3) is 0. The van der Waals surface area contributed by atoms with Crippen LogP contribution >= 0.6 is 11.6 Å². The van der Waals surface area contributed by atoms with E-state index in [-0.39, 0.29) is 21.6 Å². The van der Waals surface area contributed by atoms with Gasteiger partial charge in [-0.25, -0.2) is 22.9 Å². The molecule has 2 aromatic carbocycles. The molecule has 0 aliphatic heterocycles. The lowest BCUT2D eigenvalue weighted by molar-refractivity contribution is 0.144. The van der Waals surface area contributed by atoms with Crippen molar-refractivity contribution in [2.24, 2.45) is 0 Å². The number of anilines is 1. The average Bonchev–Trinajstić information content (AvgIpc) is 3.27. The van der Waals surface area contributed by atoms with Gasteiger partial charge in [-0.2, -0.15) is 5.10 Å². The van der Waals surface area contributed by atoms with Gasteiger partial charge in [-0.15, -0.1) is 0 Å². The summed E-state index contributed by atoms with van der Waals surface area (Å²) in [6.07, 6.45) is 1.04. The smallest absolute Gasteiger partial charge is 0.449 e. The normalized spacial score (nSPS) is 11.5. The minimum absolute atomic E-state index is 0.00524. The van der Waals surface area contributed by atoms with Crippen LogP contribution in [0.15, 0.2) is 59.8 Å². The first kappa shape index (κ1) is 18.8. The maximum atomic E-state index is 12.7. The van der Waals surface area contributed by atoms with Gasteiger partial charge in [0.05, 0.1) is 28.4 Å². The van der Waals surface area contributed by atoms with E-state index in [1.165, 1.54) is 29.2 Å². The van der Waals surface area contributed by atoms with E-state index in [1.807, 2.05) is 0 Å². The summed E-state index contributed by atoms with van der Waals surface area (Å²) in [6, 6.07) is 11.2. The molecule has 4 aromatic rings. The number of carbonyl (C=O) groups is 1. The van der Waals surface area contributed by atoms with Crippen molar-refractivity contribution in [2.75, 3.05) is 4.72 Å². The standard InChI is InChI=1S/C17H12ClN5O5S/c18-12-6-13-14(7-15(12)29(26,27)22-10-4-2-1-3-5-10)21-16(20-13)23-9-11(8-19-23)28-17(24)25/h1-9,22H,(H,20,21)(H,24,25). The maximum Gasteiger partial charge on any atom is 0.511 e. The Morgan fingerprint density at radius 3 is 2.72 bits per heavy atom. The third-order valence-electron chi connectivity index (χ3n) is 3.82. The Balaban J connectivity index is 1.70. The van der Waals surface area contributed by atoms with Crippen molar-refractivity contribution in [3.05, 3.63) is 59.9 Å². The minimum atomic E-state index is -3.94. The van der Waals surface area contributed by atoms with Gasteiger partial charge in [-0.1, -0.05) is 29.8 Å². The van der Waals surface area contributed by atoms with Crippen molar-refractivity contribution >= 4 is 44.5 Å². The van der Waals surface area contributed by atoms with E-state index >= 15 is 0 Å². The summed E-state index contributed by atoms with van der Waals surface area (Å²) in [4.78, 5) is 17.7. The van der Waals surface area contributed by atoms with E-state index in [0.29, 0.717) is 16.7 Å². The van der Waals surface area contributed by atoms with Crippen LogP contribution in [0.3, 0.4) is 0 Å². The molecule has 148 valence electrons. The van der Waals surface area contributed by atoms with Crippen molar-refractivity contribution in [1.29, 1.82) is 0 Å². The first-order chi connectivity index (χ1) is 13.8. The lowest BCUT2D eigenvalue weighted by atomic mass is 10.3. The Morgan fingerprint density at radius 1 is 1.24 bits per heavy atom. The molecule has 4 rings (SSSR count). The maximum absolute atomic E-state index is 12.7. The fourth-order valence-corrected chi connectivity index (χ4v) is 4.21. The lowest BCUT2D eigenvalue weighted by Crippen LogP contribution is -2.13. The molecular formula is C17H12ClN5O5S. The second kappa shape index (κ2) is 7.11. The van der Waals surface area contributed by atoms with Crippen LogP contribution in [0.25, 0.3) is 17.0 Å². The number of carboxylic acid groups (broad SMARTS) is 1. The summed E-state index contributed by atoms with van der Waals surface area (Å²) in [5.74, 6) is 0.230. The second-order valence-electron chi connectivity index (χ2n) is 5.82. The second-order valence-corrected chi connectivity index (χ2v) is 7.88. The summed E-state index contributed by atoms with van der Waals surface area (Å²) in [5.41, 5.74) is 1.20. The van der Waals surface area contributed by atoms with Gasteiger partial charge in [0.1, 0.15) is 4.90 Å². The largest absolute Gasteiger partial charge is 0.511 e. The van der Waals surface area contributed by atoms with Crippen molar-refractivity contribution < 1.29 is 23.1 Å². The summed E-state index contributed by atoms with van der Waals surface area (Å²) in [6.45, 7) is 0. The van der Waals surface area contributed by atoms with Crippen LogP contribution in [-0.2, 0) is 10.0 Å². The summed E-state index contributed by atoms with van der Waals surface area (Å²) >= 11 is 6.19. The van der Waals surface area contributed by atoms with Crippen LogP contribution in [0.5, 0.6) is 5.75 Å². The molecule has 0 fully saturated rings. The highest BCUT2D eigenvalue weighted by atomic mass is 35.5. The van der Waals surface area contributed by atoms with Crippen molar-refractivity contribution in [1.82, 2.24) is 19.7 Å². The van der Waals surface area contributed by atoms with Gasteiger partial charge in [0, 0.05) is 5.69 Å². The summed E-state index contributed by atoms with van der Waals surface area (Å²) < 4.78 is 33.7. The topological polar surface area (TPSA) is 139 Å². The SMILES string of the molecule is O=C(O)Oc1cnn(-c2nc3cc(Cl)c(S(=O)(=O)Nc4ccccc4)cc3[nH]2)c1. The number of nitrogens with zero attached hydrogens (tertiary/aromatic N) is 3. The van der Waals surface area contributed by atoms with Crippen LogP contribution in [-0.4, -0.2) is 39.4 Å². The number of H-pyrrole nitrogens is 1. The zero-order valence-electron chi connectivity index (χ0n) is 14.4. The van der Waals surface area contributed by atoms with Crippen LogP contribution in [0.1, 0.15) is 0 Å². The van der Waals surface area contributed by atoms with E-state index < -0.39 is 16.2 Å². The highest BCUT2D eigenvalue weighted by Crippen LogP contribution is 2.28. The number of sulfonamides is 1. The number of rotatable bonds is 5. The molecule has 0 saturated heterocycles. The first-order valence-corrected chi connectivity index (χ1v) is 9.91. The van der Waals surface area contributed by atoms with Gasteiger partial charge >= 0.3 is 6.16 Å². The predicted octanol–water partition coefficient (Wildman–Crippen LogP) is 3.26. The molecule has 0 spiro atoms. The number of fused-ring (bicyclic) bond motifs is 1. The predicted molar refractivity (Wildman–Crippen MR) is 104 cm³/mol. The molecule has 0 amide bonds. The molecule has 0 radical (unpaired) electrons. The Kier molecular flexibility index (Phi) is 4.60. The van der Waals surface area contributed by atoms with Gasteiger partial charge in [0.25, 0.3) is 10.0 Å². The minimum Gasteiger partial charge on any atom is -0.449 e. The number of hydrogen-bond donors (Lipinski definition) is 3. The molecular weight excluding hydrogens is 422 g/mol. The molecule has 12 heteroatoms. The fourth-order valence-electron chi connectivity index (χ4n) is 2.60. The van der Waals surface area contributed by atoms with Crippen LogP contribution in [0.2, 0.25) is 5.02 Å². The monoisotopic (exact) mass is 433 g/mol. The number of ether oxygens (including phenoxy) is 1. The number of aromatic nitrogens is 4. The first-order valence-electron chi connectivity index (χ1n) is 8.05. The van der Waals surface area contributed by atoms with Crippen molar-refractivity contribution in [2.45, 2.75) is 4.90 Å². The van der Waals surface area contributed by atoms with E-state index in [0.717, 1.165) is 0 Å². The Labute approximate surface area is 168 Å². The molecule has 0 aliphatic carbocycles. The Bertz CT molecular complexity index is 1320. The summed E-state index contributed by atoms with van der Waals surface area (Å²) in [5, 5.41) is 12.6. The molecule has 3 N–H and O–H groups in total. The van der Waals surface area contributed by atoms with Crippen LogP contribution < -0.4 is 9.46 Å². The number of halogens is 1. The van der Waals surface area contributed by atoms with E-state index in [2.05, 4.69) is 24.5 Å². The molecule has 0 bridgehead atoms. The van der Waals surface area contributed by atoms with E-state index in [4.69, 9.17) is 16.7 Å². The van der Waals surface area contributed by atoms with Crippen LogP contribution in [0.4, 0.5) is 10.5 Å². The number of para-hydroxylation sites is 1. The molecule has 0 atom stereocenters. The zero-order chi connectivity index (χ0) is 20.6. The van der Waals surface area contributed by atoms with Gasteiger partial charge in [0.15, 0.2) is 5.75 Å². The number of benzene rings is 2. The molecule has 10 nitrogen and oxygen atoms in total.